The molecule has 1 amide bonds. The van der Waals surface area contributed by atoms with E-state index in [-0.39, 0.29) is 11.3 Å². The van der Waals surface area contributed by atoms with Gasteiger partial charge < -0.3 is 10.0 Å². The van der Waals surface area contributed by atoms with Gasteiger partial charge in [-0.05, 0) is 31.9 Å². The average molecular weight is 311 g/mol. The highest BCUT2D eigenvalue weighted by Crippen LogP contribution is 2.26. The molecule has 0 radical (unpaired) electrons. The summed E-state index contributed by atoms with van der Waals surface area (Å²) in [4.78, 5) is 18.6. The minimum Gasteiger partial charge on any atom is -0.388 e. The lowest BCUT2D eigenvalue weighted by Gasteiger charge is -2.37. The van der Waals surface area contributed by atoms with Crippen LogP contribution in [0.1, 0.15) is 56.6 Å². The van der Waals surface area contributed by atoms with E-state index in [1.807, 2.05) is 20.8 Å². The summed E-state index contributed by atoms with van der Waals surface area (Å²) in [5, 5.41) is 10.5. The second-order valence-corrected chi connectivity index (χ2v) is 7.53. The fourth-order valence-electron chi connectivity index (χ4n) is 2.58. The van der Waals surface area contributed by atoms with Gasteiger partial charge in [-0.25, -0.2) is 4.98 Å². The molecule has 1 fully saturated rings. The molecule has 1 unspecified atom stereocenters. The van der Waals surface area contributed by atoms with Crippen molar-refractivity contribution in [3.8, 4) is 0 Å². The zero-order chi connectivity index (χ0) is 15.8. The molecule has 1 aliphatic heterocycles. The van der Waals surface area contributed by atoms with E-state index >= 15 is 0 Å². The Labute approximate surface area is 131 Å². The van der Waals surface area contributed by atoms with Crippen LogP contribution in [0, 0.1) is 0 Å². The summed E-state index contributed by atoms with van der Waals surface area (Å²) in [7, 11) is 0. The maximum atomic E-state index is 12.6. The predicted octanol–water partition coefficient (Wildman–Crippen LogP) is 3.02. The van der Waals surface area contributed by atoms with Crippen LogP contribution < -0.4 is 0 Å². The fraction of sp³-hybridized carbons (Fsp3) is 0.625. The molecule has 21 heavy (non-hydrogen) atoms. The average Bonchev–Trinajstić information content (AvgIpc) is 2.35. The van der Waals surface area contributed by atoms with Crippen LogP contribution in [0.2, 0.25) is 5.15 Å². The predicted molar refractivity (Wildman–Crippen MR) is 83.7 cm³/mol. The molecule has 5 heteroatoms. The second kappa shape index (κ2) is 5.58. The first-order chi connectivity index (χ1) is 9.58. The van der Waals surface area contributed by atoms with Gasteiger partial charge in [-0.1, -0.05) is 32.4 Å². The molecule has 0 bridgehead atoms. The Hall–Kier alpha value is -1.13. The fourth-order valence-corrected chi connectivity index (χ4v) is 2.79. The number of piperidine rings is 1. The third-order valence-electron chi connectivity index (χ3n) is 3.77. The van der Waals surface area contributed by atoms with E-state index in [4.69, 9.17) is 11.6 Å². The van der Waals surface area contributed by atoms with Crippen molar-refractivity contribution in [3.05, 3.63) is 28.5 Å². The number of hydrogen-bond donors (Lipinski definition) is 1. The normalized spacial score (nSPS) is 23.2. The highest BCUT2D eigenvalue weighted by molar-refractivity contribution is 6.29. The van der Waals surface area contributed by atoms with E-state index in [9.17, 15) is 9.90 Å². The molecule has 0 aliphatic carbocycles. The number of hydrogen-bond acceptors (Lipinski definition) is 3. The summed E-state index contributed by atoms with van der Waals surface area (Å²) in [5.74, 6) is -0.0928. The Morgan fingerprint density at radius 1 is 1.43 bits per heavy atom. The summed E-state index contributed by atoms with van der Waals surface area (Å²) in [6.07, 6.45) is 1.53. The van der Waals surface area contributed by atoms with E-state index < -0.39 is 5.60 Å². The lowest BCUT2D eigenvalue weighted by molar-refractivity contribution is -0.0107. The number of aromatic nitrogens is 1. The number of halogens is 1. The van der Waals surface area contributed by atoms with Crippen LogP contribution in [-0.4, -0.2) is 39.6 Å². The number of pyridine rings is 1. The summed E-state index contributed by atoms with van der Waals surface area (Å²) in [6, 6.07) is 3.40. The van der Waals surface area contributed by atoms with Gasteiger partial charge in [-0.2, -0.15) is 0 Å². The third-order valence-corrected chi connectivity index (χ3v) is 3.97. The number of likely N-dealkylation sites (tertiary alicyclic amines) is 1. The molecule has 0 saturated carbocycles. The maximum absolute atomic E-state index is 12.6. The number of β-amino-alcohol motifs (C(OH)–C–C–N with tert-alkyl or cyclic N) is 1. The highest BCUT2D eigenvalue weighted by Gasteiger charge is 2.32. The zero-order valence-electron chi connectivity index (χ0n) is 13.1. The van der Waals surface area contributed by atoms with Crippen molar-refractivity contribution >= 4 is 17.5 Å². The molecule has 1 aliphatic rings. The molecule has 2 rings (SSSR count). The highest BCUT2D eigenvalue weighted by atomic mass is 35.5. The van der Waals surface area contributed by atoms with Crippen molar-refractivity contribution in [1.29, 1.82) is 0 Å². The molecular weight excluding hydrogens is 288 g/mol. The first-order valence-electron chi connectivity index (χ1n) is 7.28. The molecule has 0 spiro atoms. The number of carbonyl (C=O) groups excluding carboxylic acids is 1. The Morgan fingerprint density at radius 3 is 2.67 bits per heavy atom. The van der Waals surface area contributed by atoms with Gasteiger partial charge in [-0.3, -0.25) is 4.79 Å². The van der Waals surface area contributed by atoms with Crippen molar-refractivity contribution in [2.45, 2.75) is 51.6 Å². The van der Waals surface area contributed by atoms with Crippen LogP contribution in [-0.2, 0) is 5.41 Å². The number of rotatable bonds is 1. The molecule has 4 nitrogen and oxygen atoms in total. The monoisotopic (exact) mass is 310 g/mol. The summed E-state index contributed by atoms with van der Waals surface area (Å²) in [6.45, 7) is 8.89. The number of carbonyl (C=O) groups is 1. The molecule has 1 aromatic rings. The van der Waals surface area contributed by atoms with Crippen LogP contribution in [0.25, 0.3) is 0 Å². The zero-order valence-corrected chi connectivity index (χ0v) is 13.9. The Bertz CT molecular complexity index is 550. The first-order valence-corrected chi connectivity index (χ1v) is 7.66. The molecule has 1 saturated heterocycles. The van der Waals surface area contributed by atoms with Crippen LogP contribution in [0.5, 0.6) is 0 Å². The van der Waals surface area contributed by atoms with Gasteiger partial charge in [0.1, 0.15) is 5.15 Å². The van der Waals surface area contributed by atoms with Gasteiger partial charge in [-0.15, -0.1) is 0 Å². The first kappa shape index (κ1) is 16.2. The minimum atomic E-state index is -0.808. The molecule has 116 valence electrons. The largest absolute Gasteiger partial charge is 0.388 e. The van der Waals surface area contributed by atoms with Crippen LogP contribution in [0.15, 0.2) is 12.1 Å². The van der Waals surface area contributed by atoms with Gasteiger partial charge in [0.15, 0.2) is 0 Å². The Kier molecular flexibility index (Phi) is 4.31. The van der Waals surface area contributed by atoms with E-state index in [0.717, 1.165) is 18.5 Å². The van der Waals surface area contributed by atoms with Gasteiger partial charge >= 0.3 is 0 Å². The van der Waals surface area contributed by atoms with E-state index in [2.05, 4.69) is 4.98 Å². The molecule has 1 aromatic heterocycles. The van der Waals surface area contributed by atoms with Gasteiger partial charge in [0.25, 0.3) is 5.91 Å². The Balaban J connectivity index is 2.29. The van der Waals surface area contributed by atoms with E-state index in [1.165, 1.54) is 0 Å². The SMILES string of the molecule is CC1(O)CCCN(C(=O)c2cc(Cl)nc(C(C)(C)C)c2)C1. The summed E-state index contributed by atoms with van der Waals surface area (Å²) < 4.78 is 0. The number of nitrogens with zero attached hydrogens (tertiary/aromatic N) is 2. The lowest BCUT2D eigenvalue weighted by atomic mass is 9.90. The molecular formula is C16H23ClN2O2. The topological polar surface area (TPSA) is 53.4 Å². The third kappa shape index (κ3) is 3.95. The second-order valence-electron chi connectivity index (χ2n) is 7.14. The van der Waals surface area contributed by atoms with Crippen LogP contribution in [0.4, 0.5) is 0 Å². The molecule has 1 N–H and O–H groups in total. The van der Waals surface area contributed by atoms with Crippen LogP contribution >= 0.6 is 11.6 Å². The van der Waals surface area contributed by atoms with Crippen molar-refractivity contribution < 1.29 is 9.90 Å². The van der Waals surface area contributed by atoms with Gasteiger partial charge in [0, 0.05) is 29.8 Å². The lowest BCUT2D eigenvalue weighted by Crippen LogP contribution is -2.48. The van der Waals surface area contributed by atoms with E-state index in [1.54, 1.807) is 24.0 Å². The van der Waals surface area contributed by atoms with Crippen molar-refractivity contribution in [1.82, 2.24) is 9.88 Å². The number of amides is 1. The standard InChI is InChI=1S/C16H23ClN2O2/c1-15(2,3)12-8-11(9-13(17)18-12)14(20)19-7-5-6-16(4,21)10-19/h8-9,21H,5-7,10H2,1-4H3. The van der Waals surface area contributed by atoms with E-state index in [0.29, 0.717) is 23.8 Å². The van der Waals surface area contributed by atoms with Crippen LogP contribution in [0.3, 0.4) is 0 Å². The Morgan fingerprint density at radius 2 is 2.10 bits per heavy atom. The van der Waals surface area contributed by atoms with Gasteiger partial charge in [0.2, 0.25) is 0 Å². The van der Waals surface area contributed by atoms with Crippen molar-refractivity contribution in [2.75, 3.05) is 13.1 Å². The molecule has 1 atom stereocenters. The summed E-state index contributed by atoms with van der Waals surface area (Å²) >= 11 is 6.06. The maximum Gasteiger partial charge on any atom is 0.254 e. The minimum absolute atomic E-state index is 0.0928. The quantitative estimate of drug-likeness (QED) is 0.811. The summed E-state index contributed by atoms with van der Waals surface area (Å²) in [5.41, 5.74) is 0.352. The van der Waals surface area contributed by atoms with Crippen molar-refractivity contribution in [3.63, 3.8) is 0 Å². The smallest absolute Gasteiger partial charge is 0.254 e. The van der Waals surface area contributed by atoms with Gasteiger partial charge in [0.05, 0.1) is 5.60 Å². The molecule has 2 heterocycles. The van der Waals surface area contributed by atoms with Crippen molar-refractivity contribution in [2.24, 2.45) is 0 Å². The number of aliphatic hydroxyl groups is 1. The molecule has 0 aromatic carbocycles.